The van der Waals surface area contributed by atoms with Gasteiger partial charge in [-0.3, -0.25) is 4.79 Å². The highest BCUT2D eigenvalue weighted by molar-refractivity contribution is 5.73. The van der Waals surface area contributed by atoms with Gasteiger partial charge in [-0.1, -0.05) is 49.4 Å². The first-order valence-electron chi connectivity index (χ1n) is 11.0. The molecule has 1 amide bonds. The zero-order valence-corrected chi connectivity index (χ0v) is 19.1. The molecule has 0 bridgehead atoms. The third-order valence-electron chi connectivity index (χ3n) is 7.07. The van der Waals surface area contributed by atoms with E-state index in [1.807, 2.05) is 29.2 Å². The van der Waals surface area contributed by atoms with Crippen molar-refractivity contribution >= 4 is 5.91 Å². The van der Waals surface area contributed by atoms with Crippen LogP contribution in [0.1, 0.15) is 44.7 Å². The lowest BCUT2D eigenvalue weighted by molar-refractivity contribution is -0.129. The van der Waals surface area contributed by atoms with Crippen molar-refractivity contribution in [3.63, 3.8) is 0 Å². The maximum absolute atomic E-state index is 12.5. The molecule has 0 spiro atoms. The number of hydrogen-bond donors (Lipinski definition) is 0. The molecule has 162 valence electrons. The number of amides is 1. The van der Waals surface area contributed by atoms with Crippen LogP contribution in [-0.4, -0.2) is 49.0 Å². The number of benzene rings is 2. The molecule has 0 aromatic heterocycles. The molecule has 1 aliphatic rings. The smallest absolute Gasteiger partial charge is 0.219 e. The third-order valence-corrected chi connectivity index (χ3v) is 7.07. The van der Waals surface area contributed by atoms with Gasteiger partial charge in [0.15, 0.2) is 0 Å². The molecule has 4 heteroatoms. The van der Waals surface area contributed by atoms with Crippen LogP contribution < -0.4 is 4.74 Å². The molecule has 0 aliphatic carbocycles. The fraction of sp³-hybridized carbons (Fsp3) is 0.500. The van der Waals surface area contributed by atoms with Gasteiger partial charge >= 0.3 is 0 Å². The number of nitrogens with zero attached hydrogens (tertiary/aromatic N) is 2. The molecule has 30 heavy (non-hydrogen) atoms. The maximum atomic E-state index is 12.5. The molecular weight excluding hydrogens is 372 g/mol. The molecule has 0 N–H and O–H groups in total. The minimum atomic E-state index is 0.0841. The second-order valence-electron chi connectivity index (χ2n) is 8.95. The number of carbonyl (C=O) groups is 1. The van der Waals surface area contributed by atoms with Gasteiger partial charge in [0.05, 0.1) is 7.11 Å². The van der Waals surface area contributed by atoms with E-state index in [4.69, 9.17) is 4.74 Å². The summed E-state index contributed by atoms with van der Waals surface area (Å²) in [7, 11) is 3.89. The molecule has 4 nitrogen and oxygen atoms in total. The first kappa shape index (κ1) is 22.4. The van der Waals surface area contributed by atoms with Crippen molar-refractivity contribution in [1.82, 2.24) is 9.80 Å². The van der Waals surface area contributed by atoms with E-state index < -0.39 is 0 Å². The van der Waals surface area contributed by atoms with Gasteiger partial charge in [0.1, 0.15) is 5.75 Å². The van der Waals surface area contributed by atoms with Crippen LogP contribution in [0.4, 0.5) is 0 Å². The van der Waals surface area contributed by atoms with Gasteiger partial charge in [-0.2, -0.15) is 0 Å². The summed E-state index contributed by atoms with van der Waals surface area (Å²) in [6.07, 6.45) is 2.09. The van der Waals surface area contributed by atoms with Crippen LogP contribution in [-0.2, 0) is 16.8 Å². The Kier molecular flexibility index (Phi) is 7.19. The monoisotopic (exact) mass is 408 g/mol. The third kappa shape index (κ3) is 4.86. The zero-order chi connectivity index (χ0) is 21.7. The largest absolute Gasteiger partial charge is 0.497 e. The number of likely N-dealkylation sites (tertiary alicyclic amines) is 1. The van der Waals surface area contributed by atoms with Gasteiger partial charge < -0.3 is 14.5 Å². The second-order valence-corrected chi connectivity index (χ2v) is 8.95. The molecule has 2 aromatic carbocycles. The number of hydrogen-bond acceptors (Lipinski definition) is 3. The van der Waals surface area contributed by atoms with Crippen molar-refractivity contribution in [3.05, 3.63) is 65.7 Å². The highest BCUT2D eigenvalue weighted by atomic mass is 16.5. The average molecular weight is 409 g/mol. The lowest BCUT2D eigenvalue weighted by atomic mass is 9.63. The van der Waals surface area contributed by atoms with E-state index in [1.165, 1.54) is 5.56 Å². The molecule has 3 unspecified atom stereocenters. The van der Waals surface area contributed by atoms with Crippen molar-refractivity contribution in [2.45, 2.75) is 51.6 Å². The Balaban J connectivity index is 1.81. The maximum Gasteiger partial charge on any atom is 0.219 e. The summed E-state index contributed by atoms with van der Waals surface area (Å²) < 4.78 is 5.26. The van der Waals surface area contributed by atoms with Crippen LogP contribution in [0, 0.1) is 5.92 Å². The van der Waals surface area contributed by atoms with Gasteiger partial charge in [-0.25, -0.2) is 0 Å². The van der Waals surface area contributed by atoms with E-state index in [1.54, 1.807) is 14.0 Å². The molecule has 0 saturated carbocycles. The fourth-order valence-corrected chi connectivity index (χ4v) is 4.97. The first-order chi connectivity index (χ1) is 14.4. The minimum Gasteiger partial charge on any atom is -0.497 e. The lowest BCUT2D eigenvalue weighted by Crippen LogP contribution is -2.52. The van der Waals surface area contributed by atoms with Gasteiger partial charge in [0, 0.05) is 38.0 Å². The van der Waals surface area contributed by atoms with Gasteiger partial charge in [0.2, 0.25) is 5.91 Å². The van der Waals surface area contributed by atoms with Crippen molar-refractivity contribution in [3.8, 4) is 5.75 Å². The quantitative estimate of drug-likeness (QED) is 0.664. The van der Waals surface area contributed by atoms with Crippen LogP contribution in [0.15, 0.2) is 54.6 Å². The highest BCUT2D eigenvalue weighted by Crippen LogP contribution is 2.44. The summed E-state index contributed by atoms with van der Waals surface area (Å²) in [4.78, 5) is 16.9. The molecule has 1 saturated heterocycles. The lowest BCUT2D eigenvalue weighted by Gasteiger charge is -2.50. The standard InChI is InChI=1S/C26H36N2O2/c1-20-18-27(4)21(2)17-26(20,24-9-7-6-8-10-24)15-16-28(22(3)29)19-23-11-13-25(30-5)14-12-23/h6-14,20-21H,15-19H2,1-5H3. The summed E-state index contributed by atoms with van der Waals surface area (Å²) in [5.41, 5.74) is 2.62. The van der Waals surface area contributed by atoms with Crippen molar-refractivity contribution in [2.75, 3.05) is 27.2 Å². The molecule has 3 rings (SSSR count). The van der Waals surface area contributed by atoms with E-state index in [2.05, 4.69) is 56.1 Å². The fourth-order valence-electron chi connectivity index (χ4n) is 4.97. The molecule has 1 fully saturated rings. The Morgan fingerprint density at radius 3 is 2.40 bits per heavy atom. The van der Waals surface area contributed by atoms with Gasteiger partial charge in [-0.15, -0.1) is 0 Å². The van der Waals surface area contributed by atoms with Crippen LogP contribution in [0.25, 0.3) is 0 Å². The number of piperidine rings is 1. The van der Waals surface area contributed by atoms with Gasteiger partial charge in [-0.05, 0) is 56.0 Å². The predicted octanol–water partition coefficient (Wildman–Crippen LogP) is 4.73. The van der Waals surface area contributed by atoms with E-state index >= 15 is 0 Å². The Hall–Kier alpha value is -2.33. The SMILES string of the molecule is COc1ccc(CN(CCC2(c3ccccc3)CC(C)N(C)CC2C)C(C)=O)cc1. The number of ether oxygens (including phenoxy) is 1. The van der Waals surface area contributed by atoms with Crippen LogP contribution >= 0.6 is 0 Å². The minimum absolute atomic E-state index is 0.0841. The summed E-state index contributed by atoms with van der Waals surface area (Å²) in [5.74, 6) is 1.49. The summed E-state index contributed by atoms with van der Waals surface area (Å²) in [6, 6.07) is 19.5. The molecule has 0 radical (unpaired) electrons. The average Bonchev–Trinajstić information content (AvgIpc) is 2.75. The summed E-state index contributed by atoms with van der Waals surface area (Å²) in [5, 5.41) is 0. The Bertz CT molecular complexity index is 821. The van der Waals surface area contributed by atoms with E-state index in [0.29, 0.717) is 18.5 Å². The molecule has 3 atom stereocenters. The summed E-state index contributed by atoms with van der Waals surface area (Å²) in [6.45, 7) is 8.85. The van der Waals surface area contributed by atoms with Crippen molar-refractivity contribution in [1.29, 1.82) is 0 Å². The van der Waals surface area contributed by atoms with Crippen molar-refractivity contribution < 1.29 is 9.53 Å². The normalized spacial score (nSPS) is 24.4. The zero-order valence-electron chi connectivity index (χ0n) is 19.1. The number of rotatable bonds is 7. The van der Waals surface area contributed by atoms with Gasteiger partial charge in [0.25, 0.3) is 0 Å². The van der Waals surface area contributed by atoms with Crippen LogP contribution in [0.2, 0.25) is 0 Å². The van der Waals surface area contributed by atoms with Crippen LogP contribution in [0.3, 0.4) is 0 Å². The topological polar surface area (TPSA) is 32.8 Å². The molecular formula is C26H36N2O2. The summed E-state index contributed by atoms with van der Waals surface area (Å²) >= 11 is 0. The molecule has 2 aromatic rings. The molecule has 1 aliphatic heterocycles. The van der Waals surface area contributed by atoms with Crippen molar-refractivity contribution in [2.24, 2.45) is 5.92 Å². The Morgan fingerprint density at radius 1 is 1.13 bits per heavy atom. The molecule has 1 heterocycles. The van der Waals surface area contributed by atoms with E-state index in [9.17, 15) is 4.79 Å². The Labute approximate surface area is 181 Å². The van der Waals surface area contributed by atoms with E-state index in [-0.39, 0.29) is 11.3 Å². The van der Waals surface area contributed by atoms with Crippen LogP contribution in [0.5, 0.6) is 5.75 Å². The number of carbonyl (C=O) groups excluding carboxylic acids is 1. The Morgan fingerprint density at radius 2 is 1.80 bits per heavy atom. The second kappa shape index (κ2) is 9.65. The van der Waals surface area contributed by atoms with E-state index in [0.717, 1.165) is 37.2 Å². The predicted molar refractivity (Wildman–Crippen MR) is 123 cm³/mol. The highest BCUT2D eigenvalue weighted by Gasteiger charge is 2.43. The first-order valence-corrected chi connectivity index (χ1v) is 11.0. The number of methoxy groups -OCH3 is 1.